The van der Waals surface area contributed by atoms with Crippen molar-refractivity contribution in [1.29, 1.82) is 0 Å². The molecule has 1 N–H and O–H groups in total. The van der Waals surface area contributed by atoms with Crippen molar-refractivity contribution in [1.82, 2.24) is 0 Å². The monoisotopic (exact) mass is 274 g/mol. The number of rotatable bonds is 5. The number of halogens is 1. The molecule has 2 aromatic rings. The van der Waals surface area contributed by atoms with Gasteiger partial charge in [-0.3, -0.25) is 0 Å². The van der Waals surface area contributed by atoms with E-state index < -0.39 is 0 Å². The van der Waals surface area contributed by atoms with Gasteiger partial charge in [-0.15, -0.1) is 0 Å². The lowest BCUT2D eigenvalue weighted by Crippen LogP contribution is -2.07. The summed E-state index contributed by atoms with van der Waals surface area (Å²) in [5.74, 6) is 0.129. The van der Waals surface area contributed by atoms with E-state index in [0.29, 0.717) is 0 Å². The summed E-state index contributed by atoms with van der Waals surface area (Å²) in [6.45, 7) is 2.30. The van der Waals surface area contributed by atoms with Crippen molar-refractivity contribution < 1.29 is 5.11 Å². The van der Waals surface area contributed by atoms with E-state index in [1.54, 1.807) is 0 Å². The molecule has 1 nitrogen and oxygen atoms in total. The maximum absolute atomic E-state index is 9.58. The second kappa shape index (κ2) is 6.74. The molecule has 0 heterocycles. The molecule has 2 heteroatoms. The molecule has 0 radical (unpaired) electrons. The van der Waals surface area contributed by atoms with Gasteiger partial charge in [-0.1, -0.05) is 54.9 Å². The Morgan fingerprint density at radius 1 is 0.947 bits per heavy atom. The van der Waals surface area contributed by atoms with Gasteiger partial charge in [0.15, 0.2) is 0 Å². The van der Waals surface area contributed by atoms with Gasteiger partial charge in [0.25, 0.3) is 0 Å². The lowest BCUT2D eigenvalue weighted by Gasteiger charge is -2.15. The van der Waals surface area contributed by atoms with E-state index in [1.165, 1.54) is 11.1 Å². The SMILES string of the molecule is CCc1ccc(CC(CO)c2ccc(Cl)cc2)cc1. The van der Waals surface area contributed by atoms with Gasteiger partial charge in [0.05, 0.1) is 6.61 Å². The summed E-state index contributed by atoms with van der Waals surface area (Å²) in [4.78, 5) is 0. The summed E-state index contributed by atoms with van der Waals surface area (Å²) < 4.78 is 0. The van der Waals surface area contributed by atoms with Gasteiger partial charge in [0, 0.05) is 10.9 Å². The van der Waals surface area contributed by atoms with Crippen LogP contribution in [-0.4, -0.2) is 11.7 Å². The molecule has 0 bridgehead atoms. The van der Waals surface area contributed by atoms with Crippen molar-refractivity contribution in [2.24, 2.45) is 0 Å². The highest BCUT2D eigenvalue weighted by atomic mass is 35.5. The van der Waals surface area contributed by atoms with Gasteiger partial charge in [0.2, 0.25) is 0 Å². The van der Waals surface area contributed by atoms with Crippen LogP contribution in [0, 0.1) is 0 Å². The van der Waals surface area contributed by atoms with Crippen LogP contribution in [0.2, 0.25) is 5.02 Å². The van der Waals surface area contributed by atoms with Gasteiger partial charge >= 0.3 is 0 Å². The molecule has 0 amide bonds. The third kappa shape index (κ3) is 3.82. The standard InChI is InChI=1S/C17H19ClO/c1-2-13-3-5-14(6-4-13)11-16(12-19)15-7-9-17(18)10-8-15/h3-10,16,19H,2,11-12H2,1H3. The molecule has 1 unspecified atom stereocenters. The maximum atomic E-state index is 9.58. The minimum absolute atomic E-state index is 0.129. The molecule has 0 aliphatic heterocycles. The fourth-order valence-corrected chi connectivity index (χ4v) is 2.34. The molecule has 2 rings (SSSR count). The number of hydrogen-bond acceptors (Lipinski definition) is 1. The predicted molar refractivity (Wildman–Crippen MR) is 80.8 cm³/mol. The average Bonchev–Trinajstić information content (AvgIpc) is 2.46. The van der Waals surface area contributed by atoms with E-state index in [2.05, 4.69) is 31.2 Å². The summed E-state index contributed by atoms with van der Waals surface area (Å²) in [5.41, 5.74) is 3.73. The lowest BCUT2D eigenvalue weighted by molar-refractivity contribution is 0.264. The molecule has 0 spiro atoms. The molecule has 100 valence electrons. The first kappa shape index (κ1) is 14.1. The van der Waals surface area contributed by atoms with Crippen LogP contribution < -0.4 is 0 Å². The van der Waals surface area contributed by atoms with Gasteiger partial charge in [-0.25, -0.2) is 0 Å². The van der Waals surface area contributed by atoms with Crippen molar-refractivity contribution in [2.75, 3.05) is 6.61 Å². The number of aliphatic hydroxyl groups is 1. The van der Waals surface area contributed by atoms with Gasteiger partial charge < -0.3 is 5.11 Å². The van der Waals surface area contributed by atoms with E-state index >= 15 is 0 Å². The van der Waals surface area contributed by atoms with Gasteiger partial charge in [0.1, 0.15) is 0 Å². The van der Waals surface area contributed by atoms with Crippen LogP contribution in [0.15, 0.2) is 48.5 Å². The van der Waals surface area contributed by atoms with Crippen LogP contribution in [0.25, 0.3) is 0 Å². The second-order valence-electron chi connectivity index (χ2n) is 4.81. The highest BCUT2D eigenvalue weighted by molar-refractivity contribution is 6.30. The second-order valence-corrected chi connectivity index (χ2v) is 5.24. The number of benzene rings is 2. The Balaban J connectivity index is 2.11. The lowest BCUT2D eigenvalue weighted by atomic mass is 9.92. The Morgan fingerprint density at radius 2 is 1.53 bits per heavy atom. The number of aliphatic hydroxyl groups excluding tert-OH is 1. The molecule has 0 fully saturated rings. The van der Waals surface area contributed by atoms with Crippen LogP contribution in [0.5, 0.6) is 0 Å². The van der Waals surface area contributed by atoms with Crippen LogP contribution in [0.1, 0.15) is 29.5 Å². The van der Waals surface area contributed by atoms with Gasteiger partial charge in [-0.05, 0) is 41.7 Å². The topological polar surface area (TPSA) is 20.2 Å². The summed E-state index contributed by atoms with van der Waals surface area (Å²) in [7, 11) is 0. The summed E-state index contributed by atoms with van der Waals surface area (Å²) >= 11 is 5.89. The van der Waals surface area contributed by atoms with Crippen LogP contribution in [0.4, 0.5) is 0 Å². The van der Waals surface area contributed by atoms with Gasteiger partial charge in [-0.2, -0.15) is 0 Å². The first-order valence-corrected chi connectivity index (χ1v) is 7.05. The number of aryl methyl sites for hydroxylation is 1. The first-order valence-electron chi connectivity index (χ1n) is 6.67. The normalized spacial score (nSPS) is 12.4. The molecule has 2 aromatic carbocycles. The Morgan fingerprint density at radius 3 is 2.05 bits per heavy atom. The minimum atomic E-state index is 0.129. The van der Waals surface area contributed by atoms with E-state index in [0.717, 1.165) is 23.4 Å². The Kier molecular flexibility index (Phi) is 5.00. The zero-order valence-corrected chi connectivity index (χ0v) is 11.9. The molecular formula is C17H19ClO. The molecule has 0 saturated carbocycles. The summed E-state index contributed by atoms with van der Waals surface area (Å²) in [5, 5.41) is 10.3. The third-order valence-electron chi connectivity index (χ3n) is 3.48. The summed E-state index contributed by atoms with van der Waals surface area (Å²) in [6, 6.07) is 16.3. The van der Waals surface area contributed by atoms with Crippen molar-refractivity contribution in [3.05, 3.63) is 70.2 Å². The van der Waals surface area contributed by atoms with Crippen molar-refractivity contribution in [3.8, 4) is 0 Å². The van der Waals surface area contributed by atoms with Crippen LogP contribution in [-0.2, 0) is 12.8 Å². The molecular weight excluding hydrogens is 256 g/mol. The molecule has 1 atom stereocenters. The zero-order valence-electron chi connectivity index (χ0n) is 11.1. The van der Waals surface area contributed by atoms with E-state index in [9.17, 15) is 5.11 Å². The van der Waals surface area contributed by atoms with E-state index in [-0.39, 0.29) is 12.5 Å². The highest BCUT2D eigenvalue weighted by Gasteiger charge is 2.11. The van der Waals surface area contributed by atoms with Crippen molar-refractivity contribution >= 4 is 11.6 Å². The summed E-state index contributed by atoms with van der Waals surface area (Å²) in [6.07, 6.45) is 1.91. The molecule has 0 aliphatic carbocycles. The fourth-order valence-electron chi connectivity index (χ4n) is 2.22. The Hall–Kier alpha value is -1.31. The molecule has 19 heavy (non-hydrogen) atoms. The first-order chi connectivity index (χ1) is 9.22. The maximum Gasteiger partial charge on any atom is 0.0502 e. The highest BCUT2D eigenvalue weighted by Crippen LogP contribution is 2.22. The fraction of sp³-hybridized carbons (Fsp3) is 0.294. The van der Waals surface area contributed by atoms with Crippen LogP contribution >= 0.6 is 11.6 Å². The largest absolute Gasteiger partial charge is 0.396 e. The zero-order chi connectivity index (χ0) is 13.7. The van der Waals surface area contributed by atoms with Crippen LogP contribution in [0.3, 0.4) is 0 Å². The minimum Gasteiger partial charge on any atom is -0.396 e. The van der Waals surface area contributed by atoms with E-state index in [4.69, 9.17) is 11.6 Å². The predicted octanol–water partition coefficient (Wildman–Crippen LogP) is 4.22. The smallest absolute Gasteiger partial charge is 0.0502 e. The van der Waals surface area contributed by atoms with Crippen molar-refractivity contribution in [3.63, 3.8) is 0 Å². The molecule has 0 saturated heterocycles. The molecule has 0 aliphatic rings. The number of hydrogen-bond donors (Lipinski definition) is 1. The van der Waals surface area contributed by atoms with E-state index in [1.807, 2.05) is 24.3 Å². The quantitative estimate of drug-likeness (QED) is 0.865. The molecule has 0 aromatic heterocycles. The van der Waals surface area contributed by atoms with Crippen molar-refractivity contribution in [2.45, 2.75) is 25.7 Å². The Bertz CT molecular complexity index is 502. The Labute approximate surface area is 119 Å². The third-order valence-corrected chi connectivity index (χ3v) is 3.73. The average molecular weight is 275 g/mol.